The summed E-state index contributed by atoms with van der Waals surface area (Å²) in [6, 6.07) is 8.64. The smallest absolute Gasteiger partial charge is 0.102 e. The number of nitrogens with zero attached hydrogens (tertiary/aromatic N) is 1. The molecule has 0 atom stereocenters. The monoisotopic (exact) mass is 207 g/mol. The van der Waals surface area contributed by atoms with Crippen LogP contribution in [0.4, 0.5) is 5.69 Å². The molecular formula is C12H21N3+2. The van der Waals surface area contributed by atoms with Crippen LogP contribution in [-0.4, -0.2) is 33.2 Å². The third-order valence-corrected chi connectivity index (χ3v) is 3.22. The number of benzene rings is 1. The molecule has 1 aromatic carbocycles. The highest BCUT2D eigenvalue weighted by Gasteiger charge is 2.18. The van der Waals surface area contributed by atoms with Crippen LogP contribution in [0.15, 0.2) is 24.3 Å². The van der Waals surface area contributed by atoms with Crippen molar-refractivity contribution in [3.8, 4) is 0 Å². The van der Waals surface area contributed by atoms with Gasteiger partial charge in [0.1, 0.15) is 6.54 Å². The largest absolute Gasteiger partial charge is 0.360 e. The molecule has 1 aliphatic rings. The Morgan fingerprint density at radius 1 is 1.27 bits per heavy atom. The summed E-state index contributed by atoms with van der Waals surface area (Å²) < 4.78 is 0. The van der Waals surface area contributed by atoms with Gasteiger partial charge in [-0.1, -0.05) is 18.2 Å². The molecule has 4 N–H and O–H groups in total. The molecular weight excluding hydrogens is 186 g/mol. The molecule has 0 aliphatic carbocycles. The summed E-state index contributed by atoms with van der Waals surface area (Å²) in [4.78, 5) is 4.13. The minimum atomic E-state index is 0.884. The highest BCUT2D eigenvalue weighted by molar-refractivity contribution is 5.53. The summed E-state index contributed by atoms with van der Waals surface area (Å²) in [6.45, 7) is 5.71. The maximum Gasteiger partial charge on any atom is 0.102 e. The van der Waals surface area contributed by atoms with Gasteiger partial charge in [-0.05, 0) is 6.07 Å². The fraction of sp³-hybridized carbons (Fsp3) is 0.500. The van der Waals surface area contributed by atoms with Gasteiger partial charge in [-0.3, -0.25) is 0 Å². The quantitative estimate of drug-likeness (QED) is 0.625. The first kappa shape index (κ1) is 10.5. The lowest BCUT2D eigenvalue weighted by Crippen LogP contribution is -3.12. The highest BCUT2D eigenvalue weighted by Crippen LogP contribution is 2.19. The average Bonchev–Trinajstić information content (AvgIpc) is 2.30. The van der Waals surface area contributed by atoms with E-state index in [1.54, 1.807) is 4.90 Å². The Morgan fingerprint density at radius 2 is 1.93 bits per heavy atom. The normalized spacial score (nSPS) is 18.1. The van der Waals surface area contributed by atoms with E-state index >= 15 is 0 Å². The molecule has 1 heterocycles. The van der Waals surface area contributed by atoms with Gasteiger partial charge >= 0.3 is 0 Å². The summed E-state index contributed by atoms with van der Waals surface area (Å²) in [5.41, 5.74) is 6.76. The second-order valence-corrected chi connectivity index (χ2v) is 4.32. The number of quaternary nitrogens is 2. The van der Waals surface area contributed by atoms with Gasteiger partial charge in [-0.15, -0.1) is 0 Å². The molecule has 0 radical (unpaired) electrons. The van der Waals surface area contributed by atoms with E-state index in [0.29, 0.717) is 0 Å². The molecule has 15 heavy (non-hydrogen) atoms. The first-order valence-electron chi connectivity index (χ1n) is 5.74. The van der Waals surface area contributed by atoms with E-state index in [4.69, 9.17) is 0 Å². The van der Waals surface area contributed by atoms with Crippen LogP contribution in [0.25, 0.3) is 0 Å². The van der Waals surface area contributed by atoms with Crippen molar-refractivity contribution in [2.24, 2.45) is 0 Å². The van der Waals surface area contributed by atoms with Gasteiger partial charge in [0.25, 0.3) is 0 Å². The predicted octanol–water partition coefficient (Wildman–Crippen LogP) is -1.24. The number of anilines is 1. The van der Waals surface area contributed by atoms with Gasteiger partial charge in [0.05, 0.1) is 33.2 Å². The minimum absolute atomic E-state index is 0.884. The van der Waals surface area contributed by atoms with Gasteiger partial charge in [0.2, 0.25) is 0 Å². The van der Waals surface area contributed by atoms with E-state index in [1.807, 2.05) is 0 Å². The van der Waals surface area contributed by atoms with E-state index in [1.165, 1.54) is 37.4 Å². The second-order valence-electron chi connectivity index (χ2n) is 4.32. The highest BCUT2D eigenvalue weighted by atomic mass is 15.2. The molecule has 1 aliphatic heterocycles. The van der Waals surface area contributed by atoms with Crippen LogP contribution in [0.5, 0.6) is 0 Å². The minimum Gasteiger partial charge on any atom is -0.360 e. The van der Waals surface area contributed by atoms with E-state index in [0.717, 1.165) is 6.54 Å². The first-order valence-corrected chi connectivity index (χ1v) is 5.74. The Bertz CT molecular complexity index is 316. The average molecular weight is 207 g/mol. The number of hydrogen-bond donors (Lipinski definition) is 2. The van der Waals surface area contributed by atoms with Crippen molar-refractivity contribution in [1.29, 1.82) is 0 Å². The molecule has 1 saturated heterocycles. The van der Waals surface area contributed by atoms with Crippen molar-refractivity contribution in [3.63, 3.8) is 0 Å². The van der Waals surface area contributed by atoms with Gasteiger partial charge in [-0.2, -0.15) is 0 Å². The van der Waals surface area contributed by atoms with Crippen molar-refractivity contribution in [2.75, 3.05) is 38.1 Å². The van der Waals surface area contributed by atoms with Crippen molar-refractivity contribution < 1.29 is 10.6 Å². The number of hydrogen-bond acceptors (Lipinski definition) is 1. The maximum atomic E-state index is 3.99. The fourth-order valence-electron chi connectivity index (χ4n) is 2.16. The fourth-order valence-corrected chi connectivity index (χ4v) is 2.16. The number of likely N-dealkylation sites (N-methyl/N-ethyl adjacent to an activating group) is 1. The number of nitrogens with one attached hydrogen (secondary N) is 1. The van der Waals surface area contributed by atoms with E-state index < -0.39 is 0 Å². The van der Waals surface area contributed by atoms with Crippen LogP contribution >= 0.6 is 0 Å². The zero-order valence-electron chi connectivity index (χ0n) is 9.50. The standard InChI is InChI=1S/C12H19N3/c1-14-6-8-15(9-7-14)12-5-3-2-4-11(12)10-13/h2-5H,6-10,13H2,1H3/p+2. The SMILES string of the molecule is C[NH+]1CCN(c2ccccc2C[NH3+])CC1. The Balaban J connectivity index is 2.15. The van der Waals surface area contributed by atoms with Crippen LogP contribution < -0.4 is 15.5 Å². The Labute approximate surface area is 91.5 Å². The maximum absolute atomic E-state index is 3.99. The topological polar surface area (TPSA) is 35.3 Å². The summed E-state index contributed by atoms with van der Waals surface area (Å²) in [5, 5.41) is 0. The van der Waals surface area contributed by atoms with E-state index in [-0.39, 0.29) is 0 Å². The number of rotatable bonds is 2. The van der Waals surface area contributed by atoms with E-state index in [9.17, 15) is 0 Å². The third-order valence-electron chi connectivity index (χ3n) is 3.22. The molecule has 3 heteroatoms. The Kier molecular flexibility index (Phi) is 3.23. The van der Waals surface area contributed by atoms with Gasteiger partial charge in [0, 0.05) is 11.3 Å². The lowest BCUT2D eigenvalue weighted by atomic mass is 10.1. The molecule has 0 spiro atoms. The van der Waals surface area contributed by atoms with Crippen LogP contribution in [0.3, 0.4) is 0 Å². The molecule has 0 amide bonds. The second kappa shape index (κ2) is 4.64. The zero-order chi connectivity index (χ0) is 10.7. The lowest BCUT2D eigenvalue weighted by molar-refractivity contribution is -0.880. The number of para-hydroxylation sites is 1. The molecule has 0 saturated carbocycles. The summed E-state index contributed by atoms with van der Waals surface area (Å²) in [7, 11) is 2.27. The van der Waals surface area contributed by atoms with Crippen LogP contribution in [-0.2, 0) is 6.54 Å². The van der Waals surface area contributed by atoms with E-state index in [2.05, 4.69) is 41.9 Å². The summed E-state index contributed by atoms with van der Waals surface area (Å²) in [6.07, 6.45) is 0. The van der Waals surface area contributed by atoms with Crippen LogP contribution in [0.1, 0.15) is 5.56 Å². The molecule has 0 unspecified atom stereocenters. The Hall–Kier alpha value is -1.06. The molecule has 82 valence electrons. The van der Waals surface area contributed by atoms with Gasteiger partial charge in [-0.25, -0.2) is 0 Å². The van der Waals surface area contributed by atoms with Crippen molar-refractivity contribution >= 4 is 5.69 Å². The molecule has 0 bridgehead atoms. The van der Waals surface area contributed by atoms with Gasteiger partial charge < -0.3 is 15.5 Å². The van der Waals surface area contributed by atoms with Crippen molar-refractivity contribution in [3.05, 3.63) is 29.8 Å². The molecule has 3 nitrogen and oxygen atoms in total. The van der Waals surface area contributed by atoms with Crippen LogP contribution in [0.2, 0.25) is 0 Å². The van der Waals surface area contributed by atoms with Crippen molar-refractivity contribution in [1.82, 2.24) is 0 Å². The molecule has 1 fully saturated rings. The molecule has 2 rings (SSSR count). The summed E-state index contributed by atoms with van der Waals surface area (Å²) in [5.74, 6) is 0. The summed E-state index contributed by atoms with van der Waals surface area (Å²) >= 11 is 0. The van der Waals surface area contributed by atoms with Crippen molar-refractivity contribution in [2.45, 2.75) is 6.54 Å². The Morgan fingerprint density at radius 3 is 2.60 bits per heavy atom. The first-order chi connectivity index (χ1) is 7.31. The predicted molar refractivity (Wildman–Crippen MR) is 61.9 cm³/mol. The molecule has 0 aromatic heterocycles. The number of piperazine rings is 1. The zero-order valence-corrected chi connectivity index (χ0v) is 9.50. The van der Waals surface area contributed by atoms with Gasteiger partial charge in [0.15, 0.2) is 0 Å². The lowest BCUT2D eigenvalue weighted by Gasteiger charge is -2.32. The molecule has 1 aromatic rings. The third kappa shape index (κ3) is 2.30. The van der Waals surface area contributed by atoms with Crippen LogP contribution in [0, 0.1) is 0 Å².